The van der Waals surface area contributed by atoms with Gasteiger partial charge in [-0.25, -0.2) is 0 Å². The third-order valence-corrected chi connectivity index (χ3v) is 3.00. The molecule has 1 atom stereocenters. The molecule has 0 unspecified atom stereocenters. The molecule has 4 nitrogen and oxygen atoms in total. The minimum Gasteiger partial charge on any atom is -0.393 e. The fraction of sp³-hybridized carbons (Fsp3) is 0.400. The summed E-state index contributed by atoms with van der Waals surface area (Å²) >= 11 is 3.21. The van der Waals surface area contributed by atoms with E-state index in [1.54, 1.807) is 13.0 Å². The van der Waals surface area contributed by atoms with Gasteiger partial charge in [-0.3, -0.25) is 10.1 Å². The van der Waals surface area contributed by atoms with Gasteiger partial charge in [-0.2, -0.15) is 0 Å². The van der Waals surface area contributed by atoms with Gasteiger partial charge in [0.25, 0.3) is 5.69 Å². The number of nitro benzene ring substituents is 1. The van der Waals surface area contributed by atoms with E-state index < -0.39 is 11.0 Å². The molecular formula is C10H12BrNO3. The van der Waals surface area contributed by atoms with Gasteiger partial charge in [0, 0.05) is 6.07 Å². The average Bonchev–Trinajstić information content (AvgIpc) is 2.15. The predicted octanol–water partition coefficient (Wildman–Crippen LogP) is 2.67. The maximum absolute atomic E-state index is 10.6. The zero-order valence-corrected chi connectivity index (χ0v) is 9.90. The summed E-state index contributed by atoms with van der Waals surface area (Å²) in [7, 11) is 0. The van der Waals surface area contributed by atoms with Crippen molar-refractivity contribution in [3.8, 4) is 0 Å². The summed E-state index contributed by atoms with van der Waals surface area (Å²) in [5.41, 5.74) is 0.920. The Morgan fingerprint density at radius 1 is 1.60 bits per heavy atom. The number of hydrogen-bond acceptors (Lipinski definition) is 3. The Bertz CT molecular complexity index is 366. The van der Waals surface area contributed by atoms with E-state index in [-0.39, 0.29) is 5.69 Å². The number of halogens is 1. The Kier molecular flexibility index (Phi) is 4.23. The minimum atomic E-state index is -0.421. The van der Waals surface area contributed by atoms with Gasteiger partial charge in [-0.15, -0.1) is 0 Å². The summed E-state index contributed by atoms with van der Waals surface area (Å²) in [6, 6.07) is 4.93. The van der Waals surface area contributed by atoms with Gasteiger partial charge in [0.15, 0.2) is 0 Å². The minimum absolute atomic E-state index is 0.0677. The first-order chi connectivity index (χ1) is 7.02. The van der Waals surface area contributed by atoms with Gasteiger partial charge in [0.1, 0.15) is 0 Å². The summed E-state index contributed by atoms with van der Waals surface area (Å²) in [6.07, 6.45) is 0.829. The number of aryl methyl sites for hydroxylation is 1. The normalized spacial score (nSPS) is 12.5. The number of aliphatic hydroxyl groups excluding tert-OH is 1. The molecule has 0 amide bonds. The Hall–Kier alpha value is -0.940. The molecule has 0 saturated carbocycles. The molecule has 0 radical (unpaired) electrons. The van der Waals surface area contributed by atoms with Gasteiger partial charge >= 0.3 is 0 Å². The van der Waals surface area contributed by atoms with Crippen molar-refractivity contribution in [2.24, 2.45) is 0 Å². The van der Waals surface area contributed by atoms with Crippen molar-refractivity contribution in [2.45, 2.75) is 25.9 Å². The van der Waals surface area contributed by atoms with E-state index in [0.717, 1.165) is 5.56 Å². The molecule has 15 heavy (non-hydrogen) atoms. The lowest BCUT2D eigenvalue weighted by Gasteiger charge is -2.06. The fourth-order valence-electron chi connectivity index (χ4n) is 1.26. The fourth-order valence-corrected chi connectivity index (χ4v) is 1.87. The topological polar surface area (TPSA) is 63.4 Å². The van der Waals surface area contributed by atoms with Gasteiger partial charge in [0.05, 0.1) is 15.5 Å². The molecule has 1 aromatic carbocycles. The summed E-state index contributed by atoms with van der Waals surface area (Å²) in [5, 5.41) is 19.8. The van der Waals surface area contributed by atoms with E-state index >= 15 is 0 Å². The van der Waals surface area contributed by atoms with Crippen LogP contribution in [-0.2, 0) is 6.42 Å². The van der Waals surface area contributed by atoms with Crippen LogP contribution in [0.5, 0.6) is 0 Å². The first-order valence-electron chi connectivity index (χ1n) is 4.62. The highest BCUT2D eigenvalue weighted by molar-refractivity contribution is 9.10. The van der Waals surface area contributed by atoms with Crippen molar-refractivity contribution < 1.29 is 10.0 Å². The van der Waals surface area contributed by atoms with Crippen LogP contribution in [-0.4, -0.2) is 16.1 Å². The molecule has 1 aromatic rings. The number of nitro groups is 1. The SMILES string of the molecule is C[C@@H](O)CCc1cccc([N+](=O)[O-])c1Br. The van der Waals surface area contributed by atoms with Crippen LogP contribution in [0.2, 0.25) is 0 Å². The van der Waals surface area contributed by atoms with Crippen molar-refractivity contribution in [1.29, 1.82) is 0 Å². The largest absolute Gasteiger partial charge is 0.393 e. The van der Waals surface area contributed by atoms with Crippen LogP contribution in [0, 0.1) is 10.1 Å². The summed E-state index contributed by atoms with van der Waals surface area (Å²) in [4.78, 5) is 10.2. The van der Waals surface area contributed by atoms with Crippen LogP contribution in [0.1, 0.15) is 18.9 Å². The Balaban J connectivity index is 2.89. The highest BCUT2D eigenvalue weighted by Crippen LogP contribution is 2.29. The Morgan fingerprint density at radius 3 is 2.80 bits per heavy atom. The summed E-state index contributed by atoms with van der Waals surface area (Å²) < 4.78 is 0.510. The first-order valence-corrected chi connectivity index (χ1v) is 5.41. The van der Waals surface area contributed by atoms with E-state index in [0.29, 0.717) is 17.3 Å². The van der Waals surface area contributed by atoms with Crippen LogP contribution >= 0.6 is 15.9 Å². The van der Waals surface area contributed by atoms with E-state index in [1.165, 1.54) is 6.07 Å². The summed E-state index contributed by atoms with van der Waals surface area (Å²) in [5.74, 6) is 0. The highest BCUT2D eigenvalue weighted by Gasteiger charge is 2.14. The molecule has 0 aromatic heterocycles. The van der Waals surface area contributed by atoms with Crippen LogP contribution in [0.4, 0.5) is 5.69 Å². The third kappa shape index (κ3) is 3.28. The molecule has 0 bridgehead atoms. The standard InChI is InChI=1S/C10H12BrNO3/c1-7(13)5-6-8-3-2-4-9(10(8)11)12(14)15/h2-4,7,13H,5-6H2,1H3/t7-/m1/s1. The maximum Gasteiger partial charge on any atom is 0.283 e. The van der Waals surface area contributed by atoms with Gasteiger partial charge in [-0.1, -0.05) is 12.1 Å². The molecule has 5 heteroatoms. The molecule has 82 valence electrons. The number of nitrogens with zero attached hydrogens (tertiary/aromatic N) is 1. The zero-order valence-electron chi connectivity index (χ0n) is 8.31. The molecule has 1 N–H and O–H groups in total. The predicted molar refractivity (Wildman–Crippen MR) is 60.8 cm³/mol. The molecule has 0 spiro atoms. The van der Waals surface area contributed by atoms with Crippen molar-refractivity contribution in [3.05, 3.63) is 38.3 Å². The second kappa shape index (κ2) is 5.23. The number of hydrogen-bond donors (Lipinski definition) is 1. The van der Waals surface area contributed by atoms with E-state index in [2.05, 4.69) is 15.9 Å². The lowest BCUT2D eigenvalue weighted by Crippen LogP contribution is -2.02. The van der Waals surface area contributed by atoms with Crippen LogP contribution in [0.25, 0.3) is 0 Å². The molecule has 0 aliphatic heterocycles. The van der Waals surface area contributed by atoms with E-state index in [1.807, 2.05) is 6.07 Å². The molecular weight excluding hydrogens is 262 g/mol. The molecule has 0 aliphatic rings. The van der Waals surface area contributed by atoms with Crippen molar-refractivity contribution >= 4 is 21.6 Å². The zero-order chi connectivity index (χ0) is 11.4. The van der Waals surface area contributed by atoms with Crippen LogP contribution in [0.3, 0.4) is 0 Å². The molecule has 1 rings (SSSR count). The quantitative estimate of drug-likeness (QED) is 0.678. The van der Waals surface area contributed by atoms with E-state index in [9.17, 15) is 10.1 Å². The van der Waals surface area contributed by atoms with Gasteiger partial charge < -0.3 is 5.11 Å². The lowest BCUT2D eigenvalue weighted by atomic mass is 10.1. The average molecular weight is 274 g/mol. The first kappa shape index (κ1) is 12.1. The van der Waals surface area contributed by atoms with Gasteiger partial charge in [-0.05, 0) is 41.3 Å². The van der Waals surface area contributed by atoms with Crippen LogP contribution in [0.15, 0.2) is 22.7 Å². The van der Waals surface area contributed by atoms with E-state index in [4.69, 9.17) is 5.11 Å². The number of aliphatic hydroxyl groups is 1. The molecule has 0 heterocycles. The Labute approximate surface area is 96.2 Å². The van der Waals surface area contributed by atoms with Crippen LogP contribution < -0.4 is 0 Å². The van der Waals surface area contributed by atoms with Crippen molar-refractivity contribution in [1.82, 2.24) is 0 Å². The van der Waals surface area contributed by atoms with Crippen molar-refractivity contribution in [2.75, 3.05) is 0 Å². The third-order valence-electron chi connectivity index (χ3n) is 2.09. The summed E-state index contributed by atoms with van der Waals surface area (Å²) in [6.45, 7) is 1.70. The molecule has 0 saturated heterocycles. The second-order valence-electron chi connectivity index (χ2n) is 3.40. The molecule has 0 aliphatic carbocycles. The second-order valence-corrected chi connectivity index (χ2v) is 4.19. The number of benzene rings is 1. The highest BCUT2D eigenvalue weighted by atomic mass is 79.9. The molecule has 0 fully saturated rings. The maximum atomic E-state index is 10.6. The Morgan fingerprint density at radius 2 is 2.27 bits per heavy atom. The lowest BCUT2D eigenvalue weighted by molar-refractivity contribution is -0.385. The smallest absolute Gasteiger partial charge is 0.283 e. The van der Waals surface area contributed by atoms with Gasteiger partial charge in [0.2, 0.25) is 0 Å². The monoisotopic (exact) mass is 273 g/mol. The van der Waals surface area contributed by atoms with Crippen molar-refractivity contribution in [3.63, 3.8) is 0 Å². The number of rotatable bonds is 4.